The van der Waals surface area contributed by atoms with Crippen molar-refractivity contribution in [1.82, 2.24) is 0 Å². The molecule has 2 atom stereocenters. The maximum absolute atomic E-state index is 13.9. The Kier molecular flexibility index (Phi) is 9.13. The highest BCUT2D eigenvalue weighted by Gasteiger charge is 2.55. The highest BCUT2D eigenvalue weighted by Crippen LogP contribution is 2.55. The topological polar surface area (TPSA) is 71.1 Å². The largest absolute Gasteiger partial charge is 0.481 e. The molecule has 1 fully saturated rings. The Bertz CT molecular complexity index is 1630. The van der Waals surface area contributed by atoms with Gasteiger partial charge >= 0.3 is 11.9 Å². The molecule has 4 aromatic rings. The van der Waals surface area contributed by atoms with Crippen LogP contribution in [0.4, 0.5) is 0 Å². The Balaban J connectivity index is 1.30. The number of carbonyl (C=O) groups is 2. The SMILES string of the molecule is CC1=C2C(=O)OCCCOC(=O)C3=C(C)OC(c4ccccc4)(c4ccccc4)C3CCCCC2C(c2ccccc2)(c2ccccc2)O1. The number of carbonyl (C=O) groups excluding carboxylic acids is 2. The minimum atomic E-state index is -0.899. The van der Waals surface area contributed by atoms with E-state index in [9.17, 15) is 9.59 Å². The lowest BCUT2D eigenvalue weighted by Gasteiger charge is -2.38. The fourth-order valence-electron chi connectivity index (χ4n) is 8.26. The fourth-order valence-corrected chi connectivity index (χ4v) is 8.26. The average molecular weight is 655 g/mol. The van der Waals surface area contributed by atoms with Gasteiger partial charge in [0.05, 0.1) is 24.4 Å². The Hall–Kier alpha value is -5.10. The molecule has 0 radical (unpaired) electrons. The monoisotopic (exact) mass is 654 g/mol. The Morgan fingerprint density at radius 3 is 1.08 bits per heavy atom. The zero-order chi connectivity index (χ0) is 33.8. The average Bonchev–Trinajstić information content (AvgIpc) is 3.62. The van der Waals surface area contributed by atoms with Crippen molar-refractivity contribution in [1.29, 1.82) is 0 Å². The summed E-state index contributed by atoms with van der Waals surface area (Å²) in [4.78, 5) is 27.7. The van der Waals surface area contributed by atoms with E-state index < -0.39 is 11.2 Å². The minimum Gasteiger partial charge on any atom is -0.481 e. The van der Waals surface area contributed by atoms with Crippen LogP contribution in [0.25, 0.3) is 0 Å². The third-order valence-corrected chi connectivity index (χ3v) is 10.3. The van der Waals surface area contributed by atoms with Crippen LogP contribution in [0.15, 0.2) is 144 Å². The molecule has 0 spiro atoms. The van der Waals surface area contributed by atoms with Crippen molar-refractivity contribution in [2.24, 2.45) is 11.8 Å². The zero-order valence-electron chi connectivity index (χ0n) is 28.1. The second-order valence-electron chi connectivity index (χ2n) is 13.1. The van der Waals surface area contributed by atoms with Gasteiger partial charge in [0.2, 0.25) is 0 Å². The molecular formula is C43H42O6. The van der Waals surface area contributed by atoms with Crippen molar-refractivity contribution in [2.75, 3.05) is 13.2 Å². The molecule has 0 bridgehead atoms. The van der Waals surface area contributed by atoms with E-state index in [2.05, 4.69) is 48.5 Å². The van der Waals surface area contributed by atoms with Crippen molar-refractivity contribution < 1.29 is 28.5 Å². The highest BCUT2D eigenvalue weighted by atomic mass is 16.6. The molecule has 7 rings (SSSR count). The molecule has 250 valence electrons. The van der Waals surface area contributed by atoms with E-state index in [0.717, 1.165) is 35.1 Å². The molecule has 2 unspecified atom stereocenters. The van der Waals surface area contributed by atoms with Crippen molar-refractivity contribution >= 4 is 11.9 Å². The first-order valence-corrected chi connectivity index (χ1v) is 17.3. The Morgan fingerprint density at radius 1 is 0.469 bits per heavy atom. The lowest BCUT2D eigenvalue weighted by atomic mass is 9.70. The van der Waals surface area contributed by atoms with Crippen molar-refractivity contribution in [2.45, 2.75) is 57.2 Å². The van der Waals surface area contributed by atoms with Crippen LogP contribution in [0.3, 0.4) is 0 Å². The van der Waals surface area contributed by atoms with E-state index >= 15 is 0 Å². The van der Waals surface area contributed by atoms with E-state index in [4.69, 9.17) is 18.9 Å². The second kappa shape index (κ2) is 13.8. The second-order valence-corrected chi connectivity index (χ2v) is 13.1. The fraction of sp³-hybridized carbons (Fsp3) is 0.302. The summed E-state index contributed by atoms with van der Waals surface area (Å²) in [5.74, 6) is -0.192. The minimum absolute atomic E-state index is 0.120. The van der Waals surface area contributed by atoms with Crippen molar-refractivity contribution in [3.8, 4) is 0 Å². The number of allylic oxidation sites excluding steroid dienone is 2. The van der Waals surface area contributed by atoms with Crippen LogP contribution in [0.5, 0.6) is 0 Å². The maximum atomic E-state index is 13.9. The zero-order valence-corrected chi connectivity index (χ0v) is 28.1. The molecule has 49 heavy (non-hydrogen) atoms. The summed E-state index contributed by atoms with van der Waals surface area (Å²) < 4.78 is 25.5. The van der Waals surface area contributed by atoms with E-state index in [-0.39, 0.29) is 37.0 Å². The number of ether oxygens (including phenoxy) is 4. The molecule has 6 heteroatoms. The summed E-state index contributed by atoms with van der Waals surface area (Å²) in [6.07, 6.45) is 3.27. The first kappa shape index (κ1) is 32.4. The molecule has 0 saturated carbocycles. The van der Waals surface area contributed by atoms with Gasteiger partial charge in [0.25, 0.3) is 0 Å². The molecule has 1 saturated heterocycles. The summed E-state index contributed by atoms with van der Waals surface area (Å²) in [6.45, 7) is 3.98. The summed E-state index contributed by atoms with van der Waals surface area (Å²) in [6, 6.07) is 40.7. The van der Waals surface area contributed by atoms with Crippen LogP contribution < -0.4 is 0 Å². The Morgan fingerprint density at radius 2 is 0.776 bits per heavy atom. The third-order valence-electron chi connectivity index (χ3n) is 10.3. The van der Waals surface area contributed by atoms with E-state index in [1.54, 1.807) is 0 Å². The molecule has 3 aliphatic rings. The first-order chi connectivity index (χ1) is 24.0. The highest BCUT2D eigenvalue weighted by molar-refractivity contribution is 5.91. The normalized spacial score (nSPS) is 22.4. The quantitative estimate of drug-likeness (QED) is 0.205. The van der Waals surface area contributed by atoms with Gasteiger partial charge in [0.1, 0.15) is 11.5 Å². The van der Waals surface area contributed by atoms with Gasteiger partial charge in [-0.2, -0.15) is 0 Å². The number of esters is 2. The summed E-state index contributed by atoms with van der Waals surface area (Å²) in [7, 11) is 0. The molecule has 3 aliphatic heterocycles. The molecule has 0 amide bonds. The van der Waals surface area contributed by atoms with Crippen LogP contribution in [0.1, 0.15) is 68.2 Å². The molecule has 0 aromatic heterocycles. The number of cyclic esters (lactones) is 2. The molecular weight excluding hydrogens is 612 g/mol. The number of benzene rings is 4. The number of hydrogen-bond donors (Lipinski definition) is 0. The predicted molar refractivity (Wildman–Crippen MR) is 187 cm³/mol. The van der Waals surface area contributed by atoms with Gasteiger partial charge in [0.15, 0.2) is 11.2 Å². The van der Waals surface area contributed by atoms with Crippen LogP contribution in [-0.4, -0.2) is 25.2 Å². The maximum Gasteiger partial charge on any atom is 0.337 e. The Labute approximate surface area is 288 Å². The van der Waals surface area contributed by atoms with Crippen LogP contribution in [0.2, 0.25) is 0 Å². The van der Waals surface area contributed by atoms with Crippen LogP contribution >= 0.6 is 0 Å². The summed E-state index contributed by atoms with van der Waals surface area (Å²) >= 11 is 0. The van der Waals surface area contributed by atoms with Crippen molar-refractivity contribution in [3.63, 3.8) is 0 Å². The molecule has 0 aliphatic carbocycles. The van der Waals surface area contributed by atoms with Crippen molar-refractivity contribution in [3.05, 3.63) is 166 Å². The van der Waals surface area contributed by atoms with E-state index in [1.807, 2.05) is 86.6 Å². The van der Waals surface area contributed by atoms with Gasteiger partial charge < -0.3 is 18.9 Å². The number of fused-ring (bicyclic) bond motifs is 2. The molecule has 3 heterocycles. The van der Waals surface area contributed by atoms with Crippen LogP contribution in [0, 0.1) is 11.8 Å². The summed E-state index contributed by atoms with van der Waals surface area (Å²) in [5.41, 5.74) is 3.30. The first-order valence-electron chi connectivity index (χ1n) is 17.3. The number of hydrogen-bond acceptors (Lipinski definition) is 6. The molecule has 6 nitrogen and oxygen atoms in total. The third kappa shape index (κ3) is 5.73. The van der Waals surface area contributed by atoms with Gasteiger partial charge in [-0.25, -0.2) is 9.59 Å². The standard InChI is InChI=1S/C43H42O6/c1-30-38-36(42(48-30,32-18-7-3-8-19-32)33-20-9-4-10-21-33)26-15-16-27-37-39(41(45)47-29-17-28-46-40(38)44)31(2)49-43(37,34-22-11-5-12-23-34)35-24-13-6-14-25-35/h3-14,18-25,36-37H,15-17,26-29H2,1-2H3. The van der Waals surface area contributed by atoms with Crippen LogP contribution in [-0.2, 0) is 39.7 Å². The van der Waals surface area contributed by atoms with Gasteiger partial charge in [-0.15, -0.1) is 0 Å². The molecule has 0 N–H and O–H groups in total. The molecule has 4 aromatic carbocycles. The predicted octanol–water partition coefficient (Wildman–Crippen LogP) is 8.77. The smallest absolute Gasteiger partial charge is 0.337 e. The lowest BCUT2D eigenvalue weighted by Crippen LogP contribution is -2.37. The van der Waals surface area contributed by atoms with Gasteiger partial charge in [-0.05, 0) is 26.7 Å². The number of rotatable bonds is 4. The summed E-state index contributed by atoms with van der Waals surface area (Å²) in [5, 5.41) is 0. The lowest BCUT2D eigenvalue weighted by molar-refractivity contribution is -0.142. The van der Waals surface area contributed by atoms with Gasteiger partial charge in [-0.1, -0.05) is 134 Å². The van der Waals surface area contributed by atoms with Gasteiger partial charge in [-0.3, -0.25) is 0 Å². The van der Waals surface area contributed by atoms with E-state index in [1.165, 1.54) is 0 Å². The van der Waals surface area contributed by atoms with Gasteiger partial charge in [0, 0.05) is 40.5 Å². The van der Waals surface area contributed by atoms with E-state index in [0.29, 0.717) is 41.9 Å².